The Balaban J connectivity index is 2.11. The van der Waals surface area contributed by atoms with Crippen LogP contribution in [0.5, 0.6) is 0 Å². The molecule has 7 nitrogen and oxygen atoms in total. The number of hydrogen-bond donors (Lipinski definition) is 3. The lowest BCUT2D eigenvalue weighted by Gasteiger charge is -2.26. The van der Waals surface area contributed by atoms with Crippen molar-refractivity contribution in [3.63, 3.8) is 0 Å². The maximum Gasteiger partial charge on any atom is 0.337 e. The molecule has 110 valence electrons. The van der Waals surface area contributed by atoms with Gasteiger partial charge in [-0.1, -0.05) is 0 Å². The van der Waals surface area contributed by atoms with Crippen molar-refractivity contribution in [3.8, 4) is 0 Å². The molecule has 1 saturated carbocycles. The molecule has 1 aliphatic carbocycles. The van der Waals surface area contributed by atoms with Gasteiger partial charge in [0.05, 0.1) is 11.7 Å². The Morgan fingerprint density at radius 1 is 1.35 bits per heavy atom. The van der Waals surface area contributed by atoms with Gasteiger partial charge in [-0.05, 0) is 37.8 Å². The molecule has 0 bridgehead atoms. The summed E-state index contributed by atoms with van der Waals surface area (Å²) in [6.07, 6.45) is 3.02. The minimum atomic E-state index is -3.79. The third kappa shape index (κ3) is 3.53. The van der Waals surface area contributed by atoms with E-state index in [1.807, 2.05) is 0 Å². The fourth-order valence-electron chi connectivity index (χ4n) is 2.22. The van der Waals surface area contributed by atoms with Crippen LogP contribution in [0.2, 0.25) is 0 Å². The summed E-state index contributed by atoms with van der Waals surface area (Å²) < 4.78 is 26.7. The van der Waals surface area contributed by atoms with Crippen molar-refractivity contribution in [1.29, 1.82) is 0 Å². The van der Waals surface area contributed by atoms with Crippen LogP contribution in [0.1, 0.15) is 36.0 Å². The number of nitrogens with one attached hydrogen (secondary N) is 1. The second kappa shape index (κ2) is 5.86. The standard InChI is InChI=1S/C12H16N2O5S/c15-10-3-1-2-9(6-10)14-20(18,19)11-5-4-8(7-13-11)12(16)17/h4-5,7,9-10,14-15H,1-3,6H2,(H,16,17). The summed E-state index contributed by atoms with van der Waals surface area (Å²) in [7, 11) is -3.79. The van der Waals surface area contributed by atoms with Crippen LogP contribution in [0.4, 0.5) is 0 Å². The predicted molar refractivity (Wildman–Crippen MR) is 69.8 cm³/mol. The summed E-state index contributed by atoms with van der Waals surface area (Å²) in [5, 5.41) is 18.0. The molecule has 0 saturated heterocycles. The second-order valence-electron chi connectivity index (χ2n) is 4.83. The summed E-state index contributed by atoms with van der Waals surface area (Å²) >= 11 is 0. The molecule has 3 N–H and O–H groups in total. The van der Waals surface area contributed by atoms with Crippen LogP contribution in [-0.4, -0.2) is 41.7 Å². The van der Waals surface area contributed by atoms with Gasteiger partial charge in [0.2, 0.25) is 0 Å². The van der Waals surface area contributed by atoms with Gasteiger partial charge in [-0.3, -0.25) is 0 Å². The molecule has 2 rings (SSSR count). The van der Waals surface area contributed by atoms with Gasteiger partial charge in [0.1, 0.15) is 0 Å². The fourth-order valence-corrected chi connectivity index (χ4v) is 3.43. The van der Waals surface area contributed by atoms with E-state index in [0.717, 1.165) is 18.7 Å². The van der Waals surface area contributed by atoms with Crippen molar-refractivity contribution in [2.45, 2.75) is 42.9 Å². The number of rotatable bonds is 4. The molecule has 0 spiro atoms. The van der Waals surface area contributed by atoms with Gasteiger partial charge >= 0.3 is 5.97 Å². The summed E-state index contributed by atoms with van der Waals surface area (Å²) in [4.78, 5) is 14.3. The molecular weight excluding hydrogens is 284 g/mol. The van der Waals surface area contributed by atoms with Crippen LogP contribution < -0.4 is 4.72 Å². The molecule has 1 heterocycles. The summed E-state index contributed by atoms with van der Waals surface area (Å²) in [5.74, 6) is -1.16. The maximum absolute atomic E-state index is 12.1. The largest absolute Gasteiger partial charge is 0.478 e. The van der Waals surface area contributed by atoms with Gasteiger partial charge in [-0.25, -0.2) is 22.9 Å². The highest BCUT2D eigenvalue weighted by atomic mass is 32.2. The van der Waals surface area contributed by atoms with Gasteiger partial charge in [0.25, 0.3) is 10.0 Å². The Morgan fingerprint density at radius 2 is 2.10 bits per heavy atom. The van der Waals surface area contributed by atoms with Gasteiger partial charge in [-0.2, -0.15) is 0 Å². The molecule has 0 amide bonds. The van der Waals surface area contributed by atoms with Gasteiger partial charge in [0.15, 0.2) is 5.03 Å². The number of carbonyl (C=O) groups is 1. The van der Waals surface area contributed by atoms with E-state index in [-0.39, 0.29) is 16.6 Å². The van der Waals surface area contributed by atoms with Crippen molar-refractivity contribution >= 4 is 16.0 Å². The van der Waals surface area contributed by atoms with Crippen LogP contribution in [0.3, 0.4) is 0 Å². The van der Waals surface area contributed by atoms with Crippen LogP contribution >= 0.6 is 0 Å². The average molecular weight is 300 g/mol. The van der Waals surface area contributed by atoms with E-state index in [9.17, 15) is 18.3 Å². The Morgan fingerprint density at radius 3 is 2.65 bits per heavy atom. The number of carboxylic acid groups (broad SMARTS) is 1. The zero-order valence-corrected chi connectivity index (χ0v) is 11.5. The number of aromatic carboxylic acids is 1. The van der Waals surface area contributed by atoms with Crippen LogP contribution in [0, 0.1) is 0 Å². The number of aromatic nitrogens is 1. The van der Waals surface area contributed by atoms with E-state index in [1.165, 1.54) is 6.07 Å². The number of nitrogens with zero attached hydrogens (tertiary/aromatic N) is 1. The fraction of sp³-hybridized carbons (Fsp3) is 0.500. The molecule has 2 unspecified atom stereocenters. The summed E-state index contributed by atoms with van der Waals surface area (Å²) in [6.45, 7) is 0. The molecule has 8 heteroatoms. The highest BCUT2D eigenvalue weighted by molar-refractivity contribution is 7.89. The molecule has 1 aromatic heterocycles. The monoisotopic (exact) mass is 300 g/mol. The highest BCUT2D eigenvalue weighted by Crippen LogP contribution is 2.20. The Kier molecular flexibility index (Phi) is 4.36. The smallest absolute Gasteiger partial charge is 0.337 e. The van der Waals surface area contributed by atoms with Crippen LogP contribution in [-0.2, 0) is 10.0 Å². The predicted octanol–water partition coefficient (Wildman–Crippen LogP) is 0.362. The van der Waals surface area contributed by atoms with Crippen molar-refractivity contribution < 1.29 is 23.4 Å². The SMILES string of the molecule is O=C(O)c1ccc(S(=O)(=O)NC2CCCC(O)C2)nc1. The molecule has 1 fully saturated rings. The molecule has 1 aromatic rings. The summed E-state index contributed by atoms with van der Waals surface area (Å²) in [6, 6.07) is 2.04. The topological polar surface area (TPSA) is 117 Å². The van der Waals surface area contributed by atoms with Gasteiger partial charge in [-0.15, -0.1) is 0 Å². The van der Waals surface area contributed by atoms with E-state index < -0.39 is 22.1 Å². The van der Waals surface area contributed by atoms with Crippen molar-refractivity contribution in [1.82, 2.24) is 9.71 Å². The number of sulfonamides is 1. The van der Waals surface area contributed by atoms with Crippen LogP contribution in [0.25, 0.3) is 0 Å². The normalized spacial score (nSPS) is 23.4. The molecule has 0 aromatic carbocycles. The maximum atomic E-state index is 12.1. The van der Waals surface area contributed by atoms with Gasteiger partial charge < -0.3 is 10.2 Å². The zero-order valence-electron chi connectivity index (χ0n) is 10.7. The first-order chi connectivity index (χ1) is 9.38. The second-order valence-corrected chi connectivity index (χ2v) is 6.49. The molecule has 20 heavy (non-hydrogen) atoms. The number of aliphatic hydroxyl groups excluding tert-OH is 1. The minimum absolute atomic E-state index is 0.0722. The first-order valence-corrected chi connectivity index (χ1v) is 7.76. The molecule has 0 aliphatic heterocycles. The quantitative estimate of drug-likeness (QED) is 0.739. The number of carboxylic acids is 1. The Bertz CT molecular complexity index is 584. The third-order valence-corrected chi connectivity index (χ3v) is 4.66. The third-order valence-electron chi connectivity index (χ3n) is 3.23. The zero-order chi connectivity index (χ0) is 14.8. The molecular formula is C12H16N2O5S. The number of aliphatic hydroxyl groups is 1. The van der Waals surface area contributed by atoms with Crippen molar-refractivity contribution in [3.05, 3.63) is 23.9 Å². The highest BCUT2D eigenvalue weighted by Gasteiger charge is 2.26. The molecule has 2 atom stereocenters. The molecule has 1 aliphatic rings. The minimum Gasteiger partial charge on any atom is -0.478 e. The lowest BCUT2D eigenvalue weighted by atomic mass is 9.94. The van der Waals surface area contributed by atoms with E-state index >= 15 is 0 Å². The first kappa shape index (κ1) is 14.9. The Hall–Kier alpha value is -1.51. The first-order valence-electron chi connectivity index (χ1n) is 6.28. The van der Waals surface area contributed by atoms with E-state index in [1.54, 1.807) is 0 Å². The van der Waals surface area contributed by atoms with Crippen molar-refractivity contribution in [2.75, 3.05) is 0 Å². The van der Waals surface area contributed by atoms with E-state index in [4.69, 9.17) is 5.11 Å². The van der Waals surface area contributed by atoms with E-state index in [2.05, 4.69) is 9.71 Å². The summed E-state index contributed by atoms with van der Waals surface area (Å²) in [5.41, 5.74) is -0.0722. The molecule has 0 radical (unpaired) electrons. The number of pyridine rings is 1. The van der Waals surface area contributed by atoms with Crippen molar-refractivity contribution in [2.24, 2.45) is 0 Å². The lowest BCUT2D eigenvalue weighted by molar-refractivity contribution is 0.0696. The van der Waals surface area contributed by atoms with E-state index in [0.29, 0.717) is 19.3 Å². The lowest BCUT2D eigenvalue weighted by Crippen LogP contribution is -2.39. The average Bonchev–Trinajstić information content (AvgIpc) is 2.38. The van der Waals surface area contributed by atoms with Gasteiger partial charge in [0, 0.05) is 12.2 Å². The Labute approximate surface area is 116 Å². The number of hydrogen-bond acceptors (Lipinski definition) is 5. The van der Waals surface area contributed by atoms with Crippen LogP contribution in [0.15, 0.2) is 23.4 Å².